The molecular weight excluding hydrogens is 290 g/mol. The van der Waals surface area contributed by atoms with Gasteiger partial charge in [0, 0.05) is 26.1 Å². The molecule has 6 heteroatoms. The van der Waals surface area contributed by atoms with Gasteiger partial charge in [-0.2, -0.15) is 4.98 Å². The summed E-state index contributed by atoms with van der Waals surface area (Å²) in [4.78, 5) is 8.76. The molecule has 0 fully saturated rings. The highest BCUT2D eigenvalue weighted by Crippen LogP contribution is 2.00. The predicted molar refractivity (Wildman–Crippen MR) is 91.5 cm³/mol. The van der Waals surface area contributed by atoms with E-state index >= 15 is 0 Å². The Morgan fingerprint density at radius 3 is 2.70 bits per heavy atom. The number of hydrogen-bond acceptors (Lipinski definition) is 4. The molecule has 0 unspecified atom stereocenters. The summed E-state index contributed by atoms with van der Waals surface area (Å²) < 4.78 is 5.09. The highest BCUT2D eigenvalue weighted by Gasteiger charge is 2.02. The minimum absolute atomic E-state index is 0.680. The molecule has 0 amide bonds. The van der Waals surface area contributed by atoms with Gasteiger partial charge < -0.3 is 15.2 Å². The molecule has 1 aromatic heterocycles. The zero-order chi connectivity index (χ0) is 16.3. The number of hydrogen-bond donors (Lipinski definition) is 2. The Hall–Kier alpha value is -2.37. The number of benzene rings is 1. The van der Waals surface area contributed by atoms with Crippen molar-refractivity contribution in [3.8, 4) is 0 Å². The third-order valence-electron chi connectivity index (χ3n) is 3.28. The summed E-state index contributed by atoms with van der Waals surface area (Å²) in [5, 5.41) is 10.4. The van der Waals surface area contributed by atoms with E-state index in [0.717, 1.165) is 44.9 Å². The zero-order valence-electron chi connectivity index (χ0n) is 13.9. The van der Waals surface area contributed by atoms with Gasteiger partial charge in [-0.15, -0.1) is 0 Å². The monoisotopic (exact) mass is 315 g/mol. The molecule has 0 aliphatic carbocycles. The summed E-state index contributed by atoms with van der Waals surface area (Å²) in [6.07, 6.45) is 2.62. The van der Waals surface area contributed by atoms with Crippen LogP contribution < -0.4 is 10.6 Å². The standard InChI is InChI=1S/C17H25N5O/c1-3-18-17(20-13-11-15-8-5-4-6-9-15)19-12-7-10-16-21-14(2)22-23-16/h4-6,8-9H,3,7,10-13H2,1-2H3,(H2,18,19,20). The molecule has 0 spiro atoms. The van der Waals surface area contributed by atoms with Gasteiger partial charge in [0.25, 0.3) is 0 Å². The Balaban J connectivity index is 1.71. The van der Waals surface area contributed by atoms with Gasteiger partial charge in [0.2, 0.25) is 5.89 Å². The second-order valence-electron chi connectivity index (χ2n) is 5.26. The lowest BCUT2D eigenvalue weighted by atomic mass is 10.1. The predicted octanol–water partition coefficient (Wildman–Crippen LogP) is 2.11. The maximum absolute atomic E-state index is 5.09. The fraction of sp³-hybridized carbons (Fsp3) is 0.471. The van der Waals surface area contributed by atoms with Crippen molar-refractivity contribution >= 4 is 5.96 Å². The van der Waals surface area contributed by atoms with Crippen LogP contribution >= 0.6 is 0 Å². The first kappa shape index (κ1) is 17.0. The van der Waals surface area contributed by atoms with E-state index in [1.165, 1.54) is 5.56 Å². The van der Waals surface area contributed by atoms with Crippen LogP contribution in [0.1, 0.15) is 30.6 Å². The average molecular weight is 315 g/mol. The molecule has 0 radical (unpaired) electrons. The minimum atomic E-state index is 0.680. The van der Waals surface area contributed by atoms with Crippen LogP contribution in [0.2, 0.25) is 0 Å². The fourth-order valence-electron chi connectivity index (χ4n) is 2.17. The average Bonchev–Trinajstić information content (AvgIpc) is 2.98. The van der Waals surface area contributed by atoms with Crippen LogP contribution in [0.15, 0.2) is 39.8 Å². The van der Waals surface area contributed by atoms with Gasteiger partial charge in [-0.1, -0.05) is 35.5 Å². The number of aromatic nitrogens is 2. The number of aryl methyl sites for hydroxylation is 2. The summed E-state index contributed by atoms with van der Waals surface area (Å²) in [6, 6.07) is 10.4. The molecule has 1 heterocycles. The summed E-state index contributed by atoms with van der Waals surface area (Å²) in [7, 11) is 0. The van der Waals surface area contributed by atoms with Crippen molar-refractivity contribution < 1.29 is 4.52 Å². The first-order valence-corrected chi connectivity index (χ1v) is 8.13. The van der Waals surface area contributed by atoms with Crippen LogP contribution in [0.3, 0.4) is 0 Å². The first-order chi connectivity index (χ1) is 11.3. The van der Waals surface area contributed by atoms with Crippen molar-refractivity contribution in [1.82, 2.24) is 20.8 Å². The lowest BCUT2D eigenvalue weighted by Gasteiger charge is -2.11. The minimum Gasteiger partial charge on any atom is -0.357 e. The van der Waals surface area contributed by atoms with Crippen LogP contribution in [0, 0.1) is 6.92 Å². The quantitative estimate of drug-likeness (QED) is 0.443. The van der Waals surface area contributed by atoms with E-state index in [2.05, 4.69) is 57.0 Å². The fourth-order valence-corrected chi connectivity index (χ4v) is 2.17. The Morgan fingerprint density at radius 1 is 1.17 bits per heavy atom. The molecular formula is C17H25N5O. The Morgan fingerprint density at radius 2 is 2.00 bits per heavy atom. The second kappa shape index (κ2) is 9.61. The lowest BCUT2D eigenvalue weighted by Crippen LogP contribution is -2.38. The molecule has 2 rings (SSSR count). The summed E-state index contributed by atoms with van der Waals surface area (Å²) in [6.45, 7) is 6.32. The maximum atomic E-state index is 5.09. The highest BCUT2D eigenvalue weighted by atomic mass is 16.5. The van der Waals surface area contributed by atoms with Gasteiger partial charge in [0.05, 0.1) is 0 Å². The normalized spacial score (nSPS) is 11.5. The zero-order valence-corrected chi connectivity index (χ0v) is 13.9. The van der Waals surface area contributed by atoms with Gasteiger partial charge in [0.1, 0.15) is 0 Å². The van der Waals surface area contributed by atoms with E-state index in [1.54, 1.807) is 0 Å². The Labute approximate surface area is 137 Å². The van der Waals surface area contributed by atoms with Gasteiger partial charge in [-0.3, -0.25) is 4.99 Å². The second-order valence-corrected chi connectivity index (χ2v) is 5.26. The van der Waals surface area contributed by atoms with Gasteiger partial charge in [0.15, 0.2) is 11.8 Å². The summed E-state index contributed by atoms with van der Waals surface area (Å²) >= 11 is 0. The summed E-state index contributed by atoms with van der Waals surface area (Å²) in [5.41, 5.74) is 1.32. The van der Waals surface area contributed by atoms with E-state index in [0.29, 0.717) is 11.7 Å². The Kier molecular flexibility index (Phi) is 7.10. The Bertz CT molecular complexity index is 594. The molecule has 2 N–H and O–H groups in total. The molecule has 0 saturated heterocycles. The molecule has 1 aromatic carbocycles. The molecule has 0 saturated carbocycles. The molecule has 23 heavy (non-hydrogen) atoms. The maximum Gasteiger partial charge on any atom is 0.226 e. The van der Waals surface area contributed by atoms with E-state index in [9.17, 15) is 0 Å². The van der Waals surface area contributed by atoms with Gasteiger partial charge >= 0.3 is 0 Å². The van der Waals surface area contributed by atoms with Crippen LogP contribution in [0.25, 0.3) is 0 Å². The van der Waals surface area contributed by atoms with Crippen LogP contribution in [-0.4, -0.2) is 35.7 Å². The SMILES string of the molecule is CCNC(=NCCCc1nc(C)no1)NCCc1ccccc1. The van der Waals surface area contributed by atoms with Crippen molar-refractivity contribution in [2.45, 2.75) is 33.1 Å². The van der Waals surface area contributed by atoms with Crippen molar-refractivity contribution in [3.05, 3.63) is 47.6 Å². The van der Waals surface area contributed by atoms with E-state index < -0.39 is 0 Å². The van der Waals surface area contributed by atoms with E-state index in [1.807, 2.05) is 13.0 Å². The topological polar surface area (TPSA) is 75.3 Å². The van der Waals surface area contributed by atoms with Crippen LogP contribution in [0.5, 0.6) is 0 Å². The molecule has 2 aromatic rings. The van der Waals surface area contributed by atoms with Crippen molar-refractivity contribution in [1.29, 1.82) is 0 Å². The number of nitrogens with zero attached hydrogens (tertiary/aromatic N) is 3. The van der Waals surface area contributed by atoms with E-state index in [4.69, 9.17) is 4.52 Å². The number of aliphatic imine (C=N–C) groups is 1. The smallest absolute Gasteiger partial charge is 0.226 e. The molecule has 0 atom stereocenters. The van der Waals surface area contributed by atoms with Gasteiger partial charge in [-0.05, 0) is 32.3 Å². The third-order valence-corrected chi connectivity index (χ3v) is 3.28. The highest BCUT2D eigenvalue weighted by molar-refractivity contribution is 5.79. The van der Waals surface area contributed by atoms with Crippen molar-refractivity contribution in [3.63, 3.8) is 0 Å². The number of guanidine groups is 1. The van der Waals surface area contributed by atoms with Gasteiger partial charge in [-0.25, -0.2) is 0 Å². The van der Waals surface area contributed by atoms with Crippen LogP contribution in [0.4, 0.5) is 0 Å². The number of nitrogens with one attached hydrogen (secondary N) is 2. The first-order valence-electron chi connectivity index (χ1n) is 8.13. The van der Waals surface area contributed by atoms with Crippen LogP contribution in [-0.2, 0) is 12.8 Å². The van der Waals surface area contributed by atoms with E-state index in [-0.39, 0.29) is 0 Å². The largest absolute Gasteiger partial charge is 0.357 e. The molecule has 0 aliphatic heterocycles. The number of rotatable bonds is 8. The molecule has 124 valence electrons. The molecule has 0 aliphatic rings. The van der Waals surface area contributed by atoms with Crippen molar-refractivity contribution in [2.24, 2.45) is 4.99 Å². The lowest BCUT2D eigenvalue weighted by molar-refractivity contribution is 0.372. The summed E-state index contributed by atoms with van der Waals surface area (Å²) in [5.74, 6) is 2.21. The van der Waals surface area contributed by atoms with Crippen molar-refractivity contribution in [2.75, 3.05) is 19.6 Å². The third kappa shape index (κ3) is 6.50. The molecule has 6 nitrogen and oxygen atoms in total. The molecule has 0 bridgehead atoms.